The van der Waals surface area contributed by atoms with Crippen molar-refractivity contribution in [1.82, 2.24) is 4.90 Å². The number of piperazine rings is 1. The number of non-ortho nitro benzene ring substituents is 1. The number of nitro benzene ring substituents is 1. The van der Waals surface area contributed by atoms with E-state index < -0.39 is 4.92 Å². The van der Waals surface area contributed by atoms with Crippen LogP contribution in [0.3, 0.4) is 0 Å². The van der Waals surface area contributed by atoms with Crippen LogP contribution in [0.25, 0.3) is 0 Å². The number of nitro groups is 1. The third kappa shape index (κ3) is 5.39. The molecule has 0 unspecified atom stereocenters. The average Bonchev–Trinajstić information content (AvgIpc) is 2.81. The molecule has 0 aromatic heterocycles. The van der Waals surface area contributed by atoms with E-state index in [1.54, 1.807) is 35.3 Å². The molecule has 0 aliphatic carbocycles. The van der Waals surface area contributed by atoms with Crippen molar-refractivity contribution in [1.29, 1.82) is 0 Å². The van der Waals surface area contributed by atoms with Gasteiger partial charge in [-0.1, -0.05) is 61.7 Å². The zero-order valence-corrected chi connectivity index (χ0v) is 17.4. The first-order valence-electron chi connectivity index (χ1n) is 10.1. The maximum Gasteiger partial charge on any atom is 0.271 e. The van der Waals surface area contributed by atoms with Gasteiger partial charge in [-0.15, -0.1) is 0 Å². The second kappa shape index (κ2) is 10.2. The predicted octanol–water partition coefficient (Wildman–Crippen LogP) is 4.15. The molecule has 0 saturated carbocycles. The first-order chi connectivity index (χ1) is 15.0. The van der Waals surface area contributed by atoms with Gasteiger partial charge in [0.1, 0.15) is 0 Å². The fraction of sp³-hybridized carbons (Fsp3) is 0.208. The maximum absolute atomic E-state index is 12.6. The van der Waals surface area contributed by atoms with Crippen LogP contribution in [0.4, 0.5) is 17.1 Å². The Balaban J connectivity index is 1.75. The summed E-state index contributed by atoms with van der Waals surface area (Å²) in [5.41, 5.74) is 3.24. The molecule has 1 saturated heterocycles. The zero-order chi connectivity index (χ0) is 22.2. The van der Waals surface area contributed by atoms with Crippen LogP contribution in [-0.4, -0.2) is 41.9 Å². The van der Waals surface area contributed by atoms with Gasteiger partial charge in [-0.05, 0) is 11.6 Å². The minimum atomic E-state index is -0.392. The van der Waals surface area contributed by atoms with Crippen molar-refractivity contribution in [2.75, 3.05) is 36.4 Å². The molecular formula is C24H26N4O3. The lowest BCUT2D eigenvalue weighted by Gasteiger charge is -2.37. The number of benzene rings is 2. The van der Waals surface area contributed by atoms with Crippen LogP contribution in [-0.2, 0) is 11.3 Å². The number of hydrogen-bond acceptors (Lipinski definition) is 5. The molecule has 0 radical (unpaired) electrons. The number of rotatable bonds is 8. The third-order valence-electron chi connectivity index (χ3n) is 5.19. The molecule has 2 aromatic carbocycles. The topological polar surface area (TPSA) is 78.7 Å². The van der Waals surface area contributed by atoms with Crippen LogP contribution in [0.2, 0.25) is 0 Å². The highest BCUT2D eigenvalue weighted by Gasteiger charge is 2.24. The summed E-state index contributed by atoms with van der Waals surface area (Å²) < 4.78 is 0. The van der Waals surface area contributed by atoms with Crippen molar-refractivity contribution in [3.63, 3.8) is 0 Å². The third-order valence-corrected chi connectivity index (χ3v) is 5.19. The lowest BCUT2D eigenvalue weighted by molar-refractivity contribution is -0.384. The van der Waals surface area contributed by atoms with E-state index in [1.807, 2.05) is 30.3 Å². The maximum atomic E-state index is 12.6. The van der Waals surface area contributed by atoms with Crippen molar-refractivity contribution >= 4 is 23.0 Å². The van der Waals surface area contributed by atoms with Crippen molar-refractivity contribution < 1.29 is 9.72 Å². The molecule has 2 aromatic rings. The Hall–Kier alpha value is -3.87. The molecule has 1 amide bonds. The van der Waals surface area contributed by atoms with Gasteiger partial charge in [-0.2, -0.15) is 0 Å². The van der Waals surface area contributed by atoms with Gasteiger partial charge in [0.25, 0.3) is 11.6 Å². The predicted molar refractivity (Wildman–Crippen MR) is 124 cm³/mol. The van der Waals surface area contributed by atoms with Crippen LogP contribution in [0.5, 0.6) is 0 Å². The Morgan fingerprint density at radius 1 is 1.10 bits per heavy atom. The molecule has 7 nitrogen and oxygen atoms in total. The fourth-order valence-electron chi connectivity index (χ4n) is 3.53. The van der Waals surface area contributed by atoms with Gasteiger partial charge >= 0.3 is 0 Å². The Morgan fingerprint density at radius 3 is 2.42 bits per heavy atom. The second-order valence-corrected chi connectivity index (χ2v) is 7.14. The van der Waals surface area contributed by atoms with E-state index in [9.17, 15) is 14.9 Å². The summed E-state index contributed by atoms with van der Waals surface area (Å²) >= 11 is 0. The summed E-state index contributed by atoms with van der Waals surface area (Å²) in [6, 6.07) is 14.7. The fourth-order valence-corrected chi connectivity index (χ4v) is 3.53. The SMILES string of the molecule is C=C/C=C(\C=C)C(=O)N1CCN(c2ccc([N+](=O)[O-])cc2NCc2ccccc2)CC1. The molecular weight excluding hydrogens is 392 g/mol. The highest BCUT2D eigenvalue weighted by Crippen LogP contribution is 2.31. The van der Waals surface area contributed by atoms with E-state index in [-0.39, 0.29) is 11.6 Å². The number of amides is 1. The Morgan fingerprint density at radius 2 is 1.81 bits per heavy atom. The quantitative estimate of drug-likeness (QED) is 0.301. The molecule has 1 fully saturated rings. The minimum absolute atomic E-state index is 0.0401. The lowest BCUT2D eigenvalue weighted by Crippen LogP contribution is -2.49. The summed E-state index contributed by atoms with van der Waals surface area (Å²) in [6.45, 7) is 10.3. The van der Waals surface area contributed by atoms with E-state index in [0.29, 0.717) is 44.0 Å². The number of carbonyl (C=O) groups is 1. The first-order valence-corrected chi connectivity index (χ1v) is 10.1. The standard InChI is InChI=1S/C24H26N4O3/c1-3-8-20(4-2)24(29)27-15-13-26(14-16-27)23-12-11-21(28(30)31)17-22(23)25-18-19-9-6-5-7-10-19/h3-12,17,25H,1-2,13-16,18H2/b20-8+. The monoisotopic (exact) mass is 418 g/mol. The highest BCUT2D eigenvalue weighted by atomic mass is 16.6. The Bertz CT molecular complexity index is 993. The van der Waals surface area contributed by atoms with E-state index in [2.05, 4.69) is 23.4 Å². The normalized spacial score (nSPS) is 14.1. The van der Waals surface area contributed by atoms with E-state index in [1.165, 1.54) is 6.07 Å². The molecule has 1 aliphatic rings. The molecule has 0 spiro atoms. The summed E-state index contributed by atoms with van der Waals surface area (Å²) in [7, 11) is 0. The zero-order valence-electron chi connectivity index (χ0n) is 17.4. The Kier molecular flexibility index (Phi) is 7.22. The molecule has 160 valence electrons. The van der Waals surface area contributed by atoms with Crippen molar-refractivity contribution in [2.24, 2.45) is 0 Å². The molecule has 0 bridgehead atoms. The molecule has 7 heteroatoms. The smallest absolute Gasteiger partial charge is 0.271 e. The number of allylic oxidation sites excluding steroid dienone is 2. The number of nitrogens with zero attached hydrogens (tertiary/aromatic N) is 3. The minimum Gasteiger partial charge on any atom is -0.379 e. The second-order valence-electron chi connectivity index (χ2n) is 7.14. The van der Waals surface area contributed by atoms with Gasteiger partial charge in [0.15, 0.2) is 0 Å². The number of carbonyl (C=O) groups excluding carboxylic acids is 1. The van der Waals surface area contributed by atoms with E-state index >= 15 is 0 Å². The van der Waals surface area contributed by atoms with Crippen molar-refractivity contribution in [3.05, 3.63) is 101 Å². The Labute approximate surface area is 182 Å². The summed E-state index contributed by atoms with van der Waals surface area (Å²) in [5, 5.41) is 14.6. The summed E-state index contributed by atoms with van der Waals surface area (Å²) in [6.07, 6.45) is 4.77. The molecule has 1 heterocycles. The van der Waals surface area contributed by atoms with Crippen molar-refractivity contribution in [2.45, 2.75) is 6.54 Å². The molecule has 1 aliphatic heterocycles. The molecule has 1 N–H and O–H groups in total. The van der Waals surface area contributed by atoms with E-state index in [0.717, 1.165) is 11.3 Å². The van der Waals surface area contributed by atoms with Crippen LogP contribution in [0, 0.1) is 10.1 Å². The van der Waals surface area contributed by atoms with Crippen LogP contribution in [0.15, 0.2) is 85.5 Å². The van der Waals surface area contributed by atoms with Gasteiger partial charge in [0.05, 0.1) is 16.3 Å². The van der Waals surface area contributed by atoms with Gasteiger partial charge in [-0.3, -0.25) is 14.9 Å². The molecule has 3 rings (SSSR count). The average molecular weight is 418 g/mol. The van der Waals surface area contributed by atoms with Crippen LogP contribution in [0.1, 0.15) is 5.56 Å². The number of nitrogens with one attached hydrogen (secondary N) is 1. The van der Waals surface area contributed by atoms with Gasteiger partial charge < -0.3 is 15.1 Å². The van der Waals surface area contributed by atoms with Crippen LogP contribution < -0.4 is 10.2 Å². The molecule has 31 heavy (non-hydrogen) atoms. The summed E-state index contributed by atoms with van der Waals surface area (Å²) in [5.74, 6) is -0.0688. The largest absolute Gasteiger partial charge is 0.379 e. The lowest BCUT2D eigenvalue weighted by atomic mass is 10.1. The van der Waals surface area contributed by atoms with Crippen molar-refractivity contribution in [3.8, 4) is 0 Å². The summed E-state index contributed by atoms with van der Waals surface area (Å²) in [4.78, 5) is 27.5. The van der Waals surface area contributed by atoms with Crippen LogP contribution >= 0.6 is 0 Å². The highest BCUT2D eigenvalue weighted by molar-refractivity contribution is 5.96. The number of anilines is 2. The number of hydrogen-bond donors (Lipinski definition) is 1. The first kappa shape index (κ1) is 21.8. The molecule has 0 atom stereocenters. The van der Waals surface area contributed by atoms with E-state index in [4.69, 9.17) is 0 Å². The van der Waals surface area contributed by atoms with Gasteiger partial charge in [0.2, 0.25) is 0 Å². The van der Waals surface area contributed by atoms with Gasteiger partial charge in [0, 0.05) is 50.4 Å². The van der Waals surface area contributed by atoms with Gasteiger partial charge in [-0.25, -0.2) is 0 Å².